The maximum atomic E-state index is 11.0. The van der Waals surface area contributed by atoms with E-state index >= 15 is 0 Å². The fourth-order valence-corrected chi connectivity index (χ4v) is 3.53. The Hall–Kier alpha value is -3.29. The summed E-state index contributed by atoms with van der Waals surface area (Å²) in [6.07, 6.45) is 2.85. The number of hydrogen-bond acceptors (Lipinski definition) is 6. The molecule has 144 valence electrons. The third-order valence-corrected chi connectivity index (χ3v) is 4.90. The van der Waals surface area contributed by atoms with Crippen molar-refractivity contribution < 1.29 is 4.92 Å². The van der Waals surface area contributed by atoms with Crippen molar-refractivity contribution in [2.24, 2.45) is 0 Å². The van der Waals surface area contributed by atoms with E-state index in [0.717, 1.165) is 25.3 Å². The molecule has 0 radical (unpaired) electrons. The maximum absolute atomic E-state index is 11.0. The van der Waals surface area contributed by atoms with E-state index in [1.54, 1.807) is 12.1 Å². The smallest absolute Gasteiger partial charge is 0.270 e. The Morgan fingerprint density at radius 3 is 2.64 bits per heavy atom. The molecule has 1 aliphatic heterocycles. The molecule has 0 saturated heterocycles. The van der Waals surface area contributed by atoms with Crippen LogP contribution in [0, 0.1) is 10.1 Å². The van der Waals surface area contributed by atoms with Crippen LogP contribution in [0.25, 0.3) is 11.3 Å². The number of benzene rings is 1. The molecule has 0 saturated carbocycles. The van der Waals surface area contributed by atoms with Gasteiger partial charge in [-0.3, -0.25) is 14.8 Å². The van der Waals surface area contributed by atoms with Crippen molar-refractivity contribution in [2.75, 3.05) is 11.4 Å². The van der Waals surface area contributed by atoms with Gasteiger partial charge in [0.1, 0.15) is 0 Å². The van der Waals surface area contributed by atoms with Gasteiger partial charge in [0, 0.05) is 48.5 Å². The van der Waals surface area contributed by atoms with Crippen molar-refractivity contribution in [3.63, 3.8) is 0 Å². The highest BCUT2D eigenvalue weighted by molar-refractivity contribution is 5.63. The van der Waals surface area contributed by atoms with Gasteiger partial charge in [0.2, 0.25) is 0 Å². The zero-order valence-electron chi connectivity index (χ0n) is 16.2. The maximum Gasteiger partial charge on any atom is 0.270 e. The number of rotatable bonds is 3. The lowest BCUT2D eigenvalue weighted by Gasteiger charge is -2.30. The van der Waals surface area contributed by atoms with E-state index in [0.29, 0.717) is 11.3 Å². The SMILES string of the molecule is CC(C)(C)n1ncc2c1CCN(c1ccc(-c3cccc([N+](=O)[O-])c3)nn1)C2. The minimum absolute atomic E-state index is 0.0322. The molecule has 0 bridgehead atoms. The number of nitro benzene ring substituents is 1. The highest BCUT2D eigenvalue weighted by Gasteiger charge is 2.26. The summed E-state index contributed by atoms with van der Waals surface area (Å²) < 4.78 is 2.11. The average Bonchev–Trinajstić information content (AvgIpc) is 3.12. The van der Waals surface area contributed by atoms with E-state index in [2.05, 4.69) is 45.6 Å². The number of non-ortho nitro benzene ring substituents is 1. The number of nitrogens with zero attached hydrogens (tertiary/aromatic N) is 6. The van der Waals surface area contributed by atoms with Crippen molar-refractivity contribution in [3.05, 3.63) is 64.0 Å². The Kier molecular flexibility index (Phi) is 4.33. The largest absolute Gasteiger partial charge is 0.350 e. The zero-order chi connectivity index (χ0) is 19.9. The summed E-state index contributed by atoms with van der Waals surface area (Å²) in [7, 11) is 0. The summed E-state index contributed by atoms with van der Waals surface area (Å²) in [4.78, 5) is 12.7. The first-order valence-corrected chi connectivity index (χ1v) is 9.23. The first-order chi connectivity index (χ1) is 13.3. The number of nitro groups is 1. The fourth-order valence-electron chi connectivity index (χ4n) is 3.53. The lowest BCUT2D eigenvalue weighted by molar-refractivity contribution is -0.384. The molecule has 0 amide bonds. The second-order valence-corrected chi connectivity index (χ2v) is 7.95. The summed E-state index contributed by atoms with van der Waals surface area (Å²) in [5.74, 6) is 0.795. The second kappa shape index (κ2) is 6.70. The Morgan fingerprint density at radius 1 is 1.14 bits per heavy atom. The first-order valence-electron chi connectivity index (χ1n) is 9.23. The van der Waals surface area contributed by atoms with Gasteiger partial charge in [0.25, 0.3) is 5.69 Å². The molecule has 0 fully saturated rings. The average molecular weight is 378 g/mol. The lowest BCUT2D eigenvalue weighted by Crippen LogP contribution is -2.34. The van der Waals surface area contributed by atoms with Crippen molar-refractivity contribution in [3.8, 4) is 11.3 Å². The number of fused-ring (bicyclic) bond motifs is 1. The Balaban J connectivity index is 1.55. The van der Waals surface area contributed by atoms with Gasteiger partial charge in [-0.1, -0.05) is 12.1 Å². The van der Waals surface area contributed by atoms with Crippen LogP contribution in [0.4, 0.5) is 11.5 Å². The molecule has 0 unspecified atom stereocenters. The molecule has 3 heterocycles. The van der Waals surface area contributed by atoms with Gasteiger partial charge >= 0.3 is 0 Å². The van der Waals surface area contributed by atoms with Crippen LogP contribution in [0.3, 0.4) is 0 Å². The molecule has 3 aromatic rings. The molecular formula is C20H22N6O2. The molecule has 4 rings (SSSR count). The quantitative estimate of drug-likeness (QED) is 0.511. The van der Waals surface area contributed by atoms with E-state index < -0.39 is 4.92 Å². The van der Waals surface area contributed by atoms with Gasteiger partial charge in [-0.2, -0.15) is 5.10 Å². The first kappa shape index (κ1) is 18.1. The van der Waals surface area contributed by atoms with Crippen molar-refractivity contribution >= 4 is 11.5 Å². The lowest BCUT2D eigenvalue weighted by atomic mass is 10.0. The van der Waals surface area contributed by atoms with Crippen LogP contribution in [0.5, 0.6) is 0 Å². The van der Waals surface area contributed by atoms with Crippen LogP contribution in [0.2, 0.25) is 0 Å². The standard InChI is InChI=1S/C20H22N6O2/c1-20(2,3)25-18-9-10-24(13-15(18)12-21-25)19-8-7-17(22-23-19)14-5-4-6-16(11-14)26(27)28/h4-8,11-12H,9-10,13H2,1-3H3. The van der Waals surface area contributed by atoms with Gasteiger partial charge in [-0.15, -0.1) is 10.2 Å². The van der Waals surface area contributed by atoms with Gasteiger partial charge < -0.3 is 4.90 Å². The van der Waals surface area contributed by atoms with Gasteiger partial charge in [0.15, 0.2) is 5.82 Å². The molecule has 8 heteroatoms. The van der Waals surface area contributed by atoms with Gasteiger partial charge in [-0.25, -0.2) is 0 Å². The Bertz CT molecular complexity index is 1020. The summed E-state index contributed by atoms with van der Waals surface area (Å²) >= 11 is 0. The summed E-state index contributed by atoms with van der Waals surface area (Å²) in [5.41, 5.74) is 3.81. The Morgan fingerprint density at radius 2 is 1.96 bits per heavy atom. The molecule has 8 nitrogen and oxygen atoms in total. The predicted octanol–water partition coefficient (Wildman–Crippen LogP) is 3.57. The van der Waals surface area contributed by atoms with Crippen LogP contribution >= 0.6 is 0 Å². The normalized spacial score (nSPS) is 14.0. The second-order valence-electron chi connectivity index (χ2n) is 7.95. The monoisotopic (exact) mass is 378 g/mol. The summed E-state index contributed by atoms with van der Waals surface area (Å²) in [6, 6.07) is 10.2. The fraction of sp³-hybridized carbons (Fsp3) is 0.350. The molecular weight excluding hydrogens is 356 g/mol. The van der Waals surface area contributed by atoms with Crippen LogP contribution in [0.1, 0.15) is 32.0 Å². The molecule has 2 aromatic heterocycles. The molecule has 0 atom stereocenters. The van der Waals surface area contributed by atoms with Gasteiger partial charge in [-0.05, 0) is 32.9 Å². The van der Waals surface area contributed by atoms with Crippen LogP contribution in [-0.4, -0.2) is 31.4 Å². The topological polar surface area (TPSA) is 90.0 Å². The molecule has 1 aliphatic rings. The highest BCUT2D eigenvalue weighted by Crippen LogP contribution is 2.28. The van der Waals surface area contributed by atoms with Crippen LogP contribution < -0.4 is 4.90 Å². The number of hydrogen-bond donors (Lipinski definition) is 0. The van der Waals surface area contributed by atoms with E-state index in [4.69, 9.17) is 0 Å². The predicted molar refractivity (Wildman–Crippen MR) is 106 cm³/mol. The van der Waals surface area contributed by atoms with Crippen molar-refractivity contribution in [2.45, 2.75) is 39.3 Å². The minimum Gasteiger partial charge on any atom is -0.350 e. The van der Waals surface area contributed by atoms with Crippen molar-refractivity contribution in [1.29, 1.82) is 0 Å². The van der Waals surface area contributed by atoms with E-state index in [1.165, 1.54) is 23.4 Å². The van der Waals surface area contributed by atoms with E-state index in [-0.39, 0.29) is 11.2 Å². The summed E-state index contributed by atoms with van der Waals surface area (Å²) in [5, 5.41) is 24.2. The Labute approximate surface area is 163 Å². The molecule has 1 aromatic carbocycles. The third-order valence-electron chi connectivity index (χ3n) is 4.90. The molecule has 0 N–H and O–H groups in total. The number of aromatic nitrogens is 4. The minimum atomic E-state index is -0.408. The molecule has 0 spiro atoms. The third kappa shape index (κ3) is 3.33. The number of anilines is 1. The molecule has 0 aliphatic carbocycles. The highest BCUT2D eigenvalue weighted by atomic mass is 16.6. The van der Waals surface area contributed by atoms with E-state index in [1.807, 2.05) is 18.3 Å². The van der Waals surface area contributed by atoms with Crippen LogP contribution in [0.15, 0.2) is 42.6 Å². The zero-order valence-corrected chi connectivity index (χ0v) is 16.2. The summed E-state index contributed by atoms with van der Waals surface area (Å²) in [6.45, 7) is 8.07. The van der Waals surface area contributed by atoms with Crippen LogP contribution in [-0.2, 0) is 18.5 Å². The molecule has 28 heavy (non-hydrogen) atoms. The van der Waals surface area contributed by atoms with Gasteiger partial charge in [0.05, 0.1) is 22.4 Å². The van der Waals surface area contributed by atoms with Crippen molar-refractivity contribution in [1.82, 2.24) is 20.0 Å². The van der Waals surface area contributed by atoms with E-state index in [9.17, 15) is 10.1 Å².